The van der Waals surface area contributed by atoms with Gasteiger partial charge in [-0.2, -0.15) is 0 Å². The van der Waals surface area contributed by atoms with Crippen molar-refractivity contribution in [2.75, 3.05) is 6.54 Å². The summed E-state index contributed by atoms with van der Waals surface area (Å²) in [6, 6.07) is 9.07. The van der Waals surface area contributed by atoms with Crippen molar-refractivity contribution in [2.45, 2.75) is 65.3 Å². The maximum absolute atomic E-state index is 3.61. The first kappa shape index (κ1) is 15.6. The van der Waals surface area contributed by atoms with E-state index in [1.807, 2.05) is 0 Å². The molecule has 0 bridgehead atoms. The summed E-state index contributed by atoms with van der Waals surface area (Å²) in [5, 5.41) is 3.61. The Kier molecular flexibility index (Phi) is 6.09. The molecule has 0 aliphatic heterocycles. The van der Waals surface area contributed by atoms with E-state index in [0.717, 1.165) is 18.4 Å². The Hall–Kier alpha value is -0.820. The standard InChI is InChI=1S/C19H31N/c1-15(2)19-9-7-18(8-10-19)14-20-12-11-17-6-4-5-16(3)13-17/h7-10,15-17,20H,4-6,11-14H2,1-3H3. The van der Waals surface area contributed by atoms with Gasteiger partial charge in [-0.3, -0.25) is 0 Å². The highest BCUT2D eigenvalue weighted by molar-refractivity contribution is 5.24. The summed E-state index contributed by atoms with van der Waals surface area (Å²) in [4.78, 5) is 0. The lowest BCUT2D eigenvalue weighted by molar-refractivity contribution is 0.267. The van der Waals surface area contributed by atoms with Crippen molar-refractivity contribution in [3.8, 4) is 0 Å². The molecule has 1 N–H and O–H groups in total. The maximum Gasteiger partial charge on any atom is 0.0205 e. The van der Waals surface area contributed by atoms with Gasteiger partial charge in [0.25, 0.3) is 0 Å². The zero-order valence-electron chi connectivity index (χ0n) is 13.5. The summed E-state index contributed by atoms with van der Waals surface area (Å²) in [5.74, 6) is 2.55. The molecule has 1 aliphatic carbocycles. The molecule has 1 nitrogen and oxygen atoms in total. The molecule has 2 rings (SSSR count). The summed E-state index contributed by atoms with van der Waals surface area (Å²) < 4.78 is 0. The molecular weight excluding hydrogens is 242 g/mol. The molecule has 1 heteroatoms. The maximum atomic E-state index is 3.61. The number of benzene rings is 1. The highest BCUT2D eigenvalue weighted by Crippen LogP contribution is 2.30. The third-order valence-corrected chi connectivity index (χ3v) is 4.75. The van der Waals surface area contributed by atoms with E-state index >= 15 is 0 Å². The van der Waals surface area contributed by atoms with Crippen LogP contribution in [0, 0.1) is 11.8 Å². The van der Waals surface area contributed by atoms with Crippen LogP contribution in [0.25, 0.3) is 0 Å². The van der Waals surface area contributed by atoms with E-state index in [0.29, 0.717) is 5.92 Å². The van der Waals surface area contributed by atoms with Gasteiger partial charge in [0.1, 0.15) is 0 Å². The van der Waals surface area contributed by atoms with E-state index in [9.17, 15) is 0 Å². The Morgan fingerprint density at radius 2 is 1.90 bits per heavy atom. The number of nitrogens with one attached hydrogen (secondary N) is 1. The Morgan fingerprint density at radius 3 is 2.55 bits per heavy atom. The van der Waals surface area contributed by atoms with Crippen LogP contribution in [0.5, 0.6) is 0 Å². The predicted octanol–water partition coefficient (Wildman–Crippen LogP) is 5.12. The summed E-state index contributed by atoms with van der Waals surface area (Å²) in [7, 11) is 0. The molecule has 0 heterocycles. The molecule has 0 aromatic heterocycles. The minimum atomic E-state index is 0.630. The van der Waals surface area contributed by atoms with E-state index in [2.05, 4.69) is 50.4 Å². The van der Waals surface area contributed by atoms with Crippen molar-refractivity contribution in [2.24, 2.45) is 11.8 Å². The average Bonchev–Trinajstić information content (AvgIpc) is 2.44. The van der Waals surface area contributed by atoms with Crippen molar-refractivity contribution in [3.05, 3.63) is 35.4 Å². The van der Waals surface area contributed by atoms with Gasteiger partial charge in [0.05, 0.1) is 0 Å². The van der Waals surface area contributed by atoms with Gasteiger partial charge in [-0.15, -0.1) is 0 Å². The molecular formula is C19H31N. The third-order valence-electron chi connectivity index (χ3n) is 4.75. The molecule has 0 spiro atoms. The second-order valence-electron chi connectivity index (χ2n) is 7.00. The second kappa shape index (κ2) is 7.83. The zero-order chi connectivity index (χ0) is 14.4. The highest BCUT2D eigenvalue weighted by atomic mass is 14.8. The summed E-state index contributed by atoms with van der Waals surface area (Å²) in [5.41, 5.74) is 2.84. The van der Waals surface area contributed by atoms with Crippen LogP contribution in [-0.4, -0.2) is 6.54 Å². The lowest BCUT2D eigenvalue weighted by atomic mass is 9.81. The van der Waals surface area contributed by atoms with E-state index in [1.165, 1.54) is 49.8 Å². The molecule has 0 saturated heterocycles. The van der Waals surface area contributed by atoms with Crippen LogP contribution in [0.1, 0.15) is 69.9 Å². The molecule has 0 radical (unpaired) electrons. The van der Waals surface area contributed by atoms with Gasteiger partial charge in [0.15, 0.2) is 0 Å². The molecule has 1 aromatic rings. The fourth-order valence-electron chi connectivity index (χ4n) is 3.38. The van der Waals surface area contributed by atoms with E-state index in [4.69, 9.17) is 0 Å². The topological polar surface area (TPSA) is 12.0 Å². The van der Waals surface area contributed by atoms with Crippen LogP contribution >= 0.6 is 0 Å². The normalized spacial score (nSPS) is 23.2. The first-order valence-corrected chi connectivity index (χ1v) is 8.44. The van der Waals surface area contributed by atoms with E-state index < -0.39 is 0 Å². The van der Waals surface area contributed by atoms with Crippen LogP contribution < -0.4 is 5.32 Å². The number of hydrogen-bond acceptors (Lipinski definition) is 1. The van der Waals surface area contributed by atoms with Crippen LogP contribution in [0.4, 0.5) is 0 Å². The van der Waals surface area contributed by atoms with Crippen LogP contribution in [0.3, 0.4) is 0 Å². The van der Waals surface area contributed by atoms with Gasteiger partial charge in [0.2, 0.25) is 0 Å². The smallest absolute Gasteiger partial charge is 0.0205 e. The fourth-order valence-corrected chi connectivity index (χ4v) is 3.38. The third kappa shape index (κ3) is 4.94. The molecule has 1 aromatic carbocycles. The monoisotopic (exact) mass is 273 g/mol. The van der Waals surface area contributed by atoms with Crippen molar-refractivity contribution < 1.29 is 0 Å². The zero-order valence-corrected chi connectivity index (χ0v) is 13.5. The molecule has 2 atom stereocenters. The van der Waals surface area contributed by atoms with Gasteiger partial charge in [-0.1, -0.05) is 64.3 Å². The molecule has 112 valence electrons. The summed E-state index contributed by atoms with van der Waals surface area (Å²) >= 11 is 0. The number of hydrogen-bond donors (Lipinski definition) is 1. The second-order valence-corrected chi connectivity index (χ2v) is 7.00. The molecule has 1 fully saturated rings. The lowest BCUT2D eigenvalue weighted by Gasteiger charge is -2.26. The minimum Gasteiger partial charge on any atom is -0.313 e. The Bertz CT molecular complexity index is 379. The van der Waals surface area contributed by atoms with Crippen molar-refractivity contribution in [1.29, 1.82) is 0 Å². The van der Waals surface area contributed by atoms with Crippen LogP contribution in [0.15, 0.2) is 24.3 Å². The van der Waals surface area contributed by atoms with Gasteiger partial charge in [0, 0.05) is 6.54 Å². The van der Waals surface area contributed by atoms with Gasteiger partial charge in [-0.25, -0.2) is 0 Å². The first-order chi connectivity index (χ1) is 9.65. The Labute approximate surface area is 125 Å². The summed E-state index contributed by atoms with van der Waals surface area (Å²) in [6.45, 7) is 9.09. The minimum absolute atomic E-state index is 0.630. The molecule has 20 heavy (non-hydrogen) atoms. The van der Waals surface area contributed by atoms with Gasteiger partial charge in [-0.05, 0) is 48.3 Å². The molecule has 1 aliphatic rings. The molecule has 1 saturated carbocycles. The van der Waals surface area contributed by atoms with Gasteiger partial charge < -0.3 is 5.32 Å². The van der Waals surface area contributed by atoms with Crippen molar-refractivity contribution in [1.82, 2.24) is 5.32 Å². The fraction of sp³-hybridized carbons (Fsp3) is 0.684. The lowest BCUT2D eigenvalue weighted by Crippen LogP contribution is -2.21. The average molecular weight is 273 g/mol. The van der Waals surface area contributed by atoms with Crippen LogP contribution in [0.2, 0.25) is 0 Å². The predicted molar refractivity (Wildman–Crippen MR) is 88.0 cm³/mol. The van der Waals surface area contributed by atoms with E-state index in [1.54, 1.807) is 0 Å². The Balaban J connectivity index is 1.65. The molecule has 2 unspecified atom stereocenters. The Morgan fingerprint density at radius 1 is 1.15 bits per heavy atom. The first-order valence-electron chi connectivity index (χ1n) is 8.44. The van der Waals surface area contributed by atoms with E-state index in [-0.39, 0.29) is 0 Å². The summed E-state index contributed by atoms with van der Waals surface area (Å²) in [6.07, 6.45) is 7.16. The molecule has 0 amide bonds. The van der Waals surface area contributed by atoms with Crippen LogP contribution in [-0.2, 0) is 6.54 Å². The quantitative estimate of drug-likeness (QED) is 0.710. The van der Waals surface area contributed by atoms with Crippen molar-refractivity contribution in [3.63, 3.8) is 0 Å². The van der Waals surface area contributed by atoms with Gasteiger partial charge >= 0.3 is 0 Å². The van der Waals surface area contributed by atoms with Crippen molar-refractivity contribution >= 4 is 0 Å². The highest BCUT2D eigenvalue weighted by Gasteiger charge is 2.17. The largest absolute Gasteiger partial charge is 0.313 e. The SMILES string of the molecule is CC1CCCC(CCNCc2ccc(C(C)C)cc2)C1. The number of rotatable bonds is 6.